The molecule has 0 saturated carbocycles. The molecule has 0 radical (unpaired) electrons. The Morgan fingerprint density at radius 3 is 2.52 bits per heavy atom. The van der Waals surface area contributed by atoms with E-state index in [2.05, 4.69) is 66.1 Å². The Labute approximate surface area is 159 Å². The highest BCUT2D eigenvalue weighted by atomic mass is 16.5. The third-order valence-electron chi connectivity index (χ3n) is 4.65. The molecule has 0 unspecified atom stereocenters. The van der Waals surface area contributed by atoms with E-state index < -0.39 is 0 Å². The van der Waals surface area contributed by atoms with Crippen molar-refractivity contribution < 1.29 is 4.74 Å². The van der Waals surface area contributed by atoms with Crippen LogP contribution in [0, 0.1) is 6.92 Å². The maximum atomic E-state index is 5.23. The van der Waals surface area contributed by atoms with Crippen LogP contribution in [0.2, 0.25) is 0 Å². The maximum Gasteiger partial charge on any atom is 0.134 e. The van der Waals surface area contributed by atoms with Crippen molar-refractivity contribution >= 4 is 23.2 Å². The molecule has 0 saturated heterocycles. The Hall–Kier alpha value is -3.33. The van der Waals surface area contributed by atoms with E-state index in [1.165, 1.54) is 11.1 Å². The topological polar surface area (TPSA) is 27.1 Å². The molecule has 4 aromatic rings. The Bertz CT molecular complexity index is 1090. The minimum absolute atomic E-state index is 0.796. The molecule has 0 bridgehead atoms. The summed E-state index contributed by atoms with van der Waals surface area (Å²) in [5.74, 6) is 1.81. The van der Waals surface area contributed by atoms with Crippen molar-refractivity contribution in [2.75, 3.05) is 7.11 Å². The fourth-order valence-corrected chi connectivity index (χ4v) is 3.27. The van der Waals surface area contributed by atoms with Gasteiger partial charge in [0.05, 0.1) is 18.1 Å². The van der Waals surface area contributed by atoms with E-state index in [9.17, 15) is 0 Å². The van der Waals surface area contributed by atoms with E-state index in [1.54, 1.807) is 7.11 Å². The molecule has 0 aliphatic rings. The van der Waals surface area contributed by atoms with E-state index in [1.807, 2.05) is 30.3 Å². The van der Waals surface area contributed by atoms with E-state index in [4.69, 9.17) is 9.72 Å². The van der Waals surface area contributed by atoms with Gasteiger partial charge < -0.3 is 9.30 Å². The fraction of sp³-hybridized carbons (Fsp3) is 0.125. The minimum atomic E-state index is 0.796. The zero-order chi connectivity index (χ0) is 18.6. The number of nitrogens with zero attached hydrogens (tertiary/aromatic N) is 2. The van der Waals surface area contributed by atoms with Gasteiger partial charge in [0.1, 0.15) is 11.6 Å². The predicted molar refractivity (Wildman–Crippen MR) is 112 cm³/mol. The molecule has 27 heavy (non-hydrogen) atoms. The van der Waals surface area contributed by atoms with E-state index >= 15 is 0 Å². The number of aryl methyl sites for hydroxylation is 1. The van der Waals surface area contributed by atoms with Gasteiger partial charge in [0.25, 0.3) is 0 Å². The van der Waals surface area contributed by atoms with Crippen LogP contribution in [-0.2, 0) is 6.54 Å². The Morgan fingerprint density at radius 1 is 0.926 bits per heavy atom. The minimum Gasteiger partial charge on any atom is -0.497 e. The zero-order valence-electron chi connectivity index (χ0n) is 15.6. The molecule has 0 spiro atoms. The van der Waals surface area contributed by atoms with Gasteiger partial charge in [0.2, 0.25) is 0 Å². The smallest absolute Gasteiger partial charge is 0.134 e. The van der Waals surface area contributed by atoms with Crippen molar-refractivity contribution in [2.24, 2.45) is 0 Å². The summed E-state index contributed by atoms with van der Waals surface area (Å²) in [6.07, 6.45) is 4.17. The highest BCUT2D eigenvalue weighted by Crippen LogP contribution is 2.21. The second-order valence-electron chi connectivity index (χ2n) is 6.64. The number of hydrogen-bond acceptors (Lipinski definition) is 2. The number of imidazole rings is 1. The molecule has 0 N–H and O–H groups in total. The second kappa shape index (κ2) is 7.50. The number of benzene rings is 3. The third-order valence-corrected chi connectivity index (χ3v) is 4.65. The molecule has 134 valence electrons. The number of ether oxygens (including phenoxy) is 1. The van der Waals surface area contributed by atoms with Crippen LogP contribution in [0.4, 0.5) is 0 Å². The van der Waals surface area contributed by atoms with E-state index in [0.717, 1.165) is 34.7 Å². The van der Waals surface area contributed by atoms with Crippen LogP contribution in [0.1, 0.15) is 22.5 Å². The summed E-state index contributed by atoms with van der Waals surface area (Å²) in [7, 11) is 1.68. The molecule has 3 nitrogen and oxygen atoms in total. The van der Waals surface area contributed by atoms with Crippen LogP contribution < -0.4 is 4.74 Å². The number of fused-ring (bicyclic) bond motifs is 1. The van der Waals surface area contributed by atoms with Crippen LogP contribution in [0.3, 0.4) is 0 Å². The molecule has 0 fully saturated rings. The van der Waals surface area contributed by atoms with Gasteiger partial charge in [0.15, 0.2) is 0 Å². The quantitative estimate of drug-likeness (QED) is 0.468. The van der Waals surface area contributed by atoms with Crippen molar-refractivity contribution in [3.8, 4) is 5.75 Å². The van der Waals surface area contributed by atoms with Crippen molar-refractivity contribution in [2.45, 2.75) is 13.5 Å². The largest absolute Gasteiger partial charge is 0.497 e. The van der Waals surface area contributed by atoms with Gasteiger partial charge in [-0.3, -0.25) is 0 Å². The van der Waals surface area contributed by atoms with Crippen molar-refractivity contribution in [3.05, 3.63) is 95.3 Å². The molecular formula is C24H22N2O. The number of aromatic nitrogens is 2. The monoisotopic (exact) mass is 354 g/mol. The SMILES string of the molecule is COc1ccc(C=Cc2nc3ccccc3n2Cc2cccc(C)c2)cc1. The van der Waals surface area contributed by atoms with Crippen LogP contribution in [-0.4, -0.2) is 16.7 Å². The Kier molecular flexibility index (Phi) is 4.75. The van der Waals surface area contributed by atoms with Crippen LogP contribution >= 0.6 is 0 Å². The summed E-state index contributed by atoms with van der Waals surface area (Å²) in [6, 6.07) is 24.9. The first-order valence-corrected chi connectivity index (χ1v) is 9.06. The lowest BCUT2D eigenvalue weighted by Gasteiger charge is -2.08. The Balaban J connectivity index is 1.71. The van der Waals surface area contributed by atoms with Crippen LogP contribution in [0.5, 0.6) is 5.75 Å². The summed E-state index contributed by atoms with van der Waals surface area (Å²) in [5, 5.41) is 0. The van der Waals surface area contributed by atoms with Gasteiger partial charge in [-0.05, 0) is 48.4 Å². The van der Waals surface area contributed by atoms with Gasteiger partial charge >= 0.3 is 0 Å². The van der Waals surface area contributed by atoms with Gasteiger partial charge in [0, 0.05) is 6.54 Å². The van der Waals surface area contributed by atoms with E-state index in [0.29, 0.717) is 0 Å². The molecule has 1 heterocycles. The maximum absolute atomic E-state index is 5.23. The number of para-hydroxylation sites is 2. The molecule has 4 rings (SSSR count). The molecule has 0 atom stereocenters. The first-order valence-electron chi connectivity index (χ1n) is 9.06. The molecule has 0 amide bonds. The van der Waals surface area contributed by atoms with Gasteiger partial charge in [-0.25, -0.2) is 4.98 Å². The second-order valence-corrected chi connectivity index (χ2v) is 6.64. The summed E-state index contributed by atoms with van der Waals surface area (Å²) < 4.78 is 7.49. The zero-order valence-corrected chi connectivity index (χ0v) is 15.6. The third kappa shape index (κ3) is 3.77. The average Bonchev–Trinajstić information content (AvgIpc) is 3.04. The summed E-state index contributed by atoms with van der Waals surface area (Å²) in [5.41, 5.74) is 5.82. The number of rotatable bonds is 5. The lowest BCUT2D eigenvalue weighted by Crippen LogP contribution is -2.02. The summed E-state index contributed by atoms with van der Waals surface area (Å²) in [4.78, 5) is 4.83. The number of methoxy groups -OCH3 is 1. The Morgan fingerprint density at radius 2 is 1.74 bits per heavy atom. The molecule has 3 aromatic carbocycles. The lowest BCUT2D eigenvalue weighted by atomic mass is 10.1. The highest BCUT2D eigenvalue weighted by molar-refractivity contribution is 5.80. The van der Waals surface area contributed by atoms with E-state index in [-0.39, 0.29) is 0 Å². The standard InChI is InChI=1S/C24H22N2O/c1-18-6-5-7-20(16-18)17-26-23-9-4-3-8-22(23)25-24(26)15-12-19-10-13-21(27-2)14-11-19/h3-16H,17H2,1-2H3. The van der Waals surface area contributed by atoms with Crippen molar-refractivity contribution in [1.29, 1.82) is 0 Å². The molecule has 0 aliphatic heterocycles. The van der Waals surface area contributed by atoms with Crippen LogP contribution in [0.25, 0.3) is 23.2 Å². The van der Waals surface area contributed by atoms with Gasteiger partial charge in [-0.1, -0.05) is 60.2 Å². The van der Waals surface area contributed by atoms with Crippen LogP contribution in [0.15, 0.2) is 72.8 Å². The average molecular weight is 354 g/mol. The highest BCUT2D eigenvalue weighted by Gasteiger charge is 2.09. The lowest BCUT2D eigenvalue weighted by molar-refractivity contribution is 0.415. The first kappa shape index (κ1) is 17.1. The van der Waals surface area contributed by atoms with Crippen molar-refractivity contribution in [1.82, 2.24) is 9.55 Å². The molecular weight excluding hydrogens is 332 g/mol. The van der Waals surface area contributed by atoms with Crippen molar-refractivity contribution in [3.63, 3.8) is 0 Å². The first-order chi connectivity index (χ1) is 13.2. The molecule has 3 heteroatoms. The summed E-state index contributed by atoms with van der Waals surface area (Å²) >= 11 is 0. The molecule has 0 aliphatic carbocycles. The van der Waals surface area contributed by atoms with Gasteiger partial charge in [-0.15, -0.1) is 0 Å². The summed E-state index contributed by atoms with van der Waals surface area (Å²) in [6.45, 7) is 2.92. The van der Waals surface area contributed by atoms with Gasteiger partial charge in [-0.2, -0.15) is 0 Å². The predicted octanol–water partition coefficient (Wildman–Crippen LogP) is 5.57. The molecule has 1 aromatic heterocycles. The normalized spacial score (nSPS) is 11.3. The number of hydrogen-bond donors (Lipinski definition) is 0. The fourth-order valence-electron chi connectivity index (χ4n) is 3.27.